The lowest BCUT2D eigenvalue weighted by molar-refractivity contribution is -0.370. The van der Waals surface area contributed by atoms with Crippen molar-refractivity contribution in [1.29, 1.82) is 0 Å². The Bertz CT molecular complexity index is 2030. The second kappa shape index (κ2) is 21.2. The number of aliphatic hydroxyl groups excluding tert-OH is 9. The fourth-order valence-corrected chi connectivity index (χ4v) is 15.7. The van der Waals surface area contributed by atoms with Crippen LogP contribution in [0, 0.1) is 50.2 Å². The summed E-state index contributed by atoms with van der Waals surface area (Å²) in [6, 6.07) is -1.34. The van der Waals surface area contributed by atoms with E-state index < -0.39 is 145 Å². The molecule has 0 radical (unpaired) electrons. The van der Waals surface area contributed by atoms with Gasteiger partial charge in [0.1, 0.15) is 60.5 Å². The number of hydrogen-bond donors (Lipinski definition) is 11. The van der Waals surface area contributed by atoms with E-state index in [9.17, 15) is 55.5 Å². The van der Waals surface area contributed by atoms with Gasteiger partial charge in [0, 0.05) is 6.42 Å². The van der Waals surface area contributed by atoms with E-state index in [1.165, 1.54) is 6.92 Å². The van der Waals surface area contributed by atoms with Crippen LogP contribution < -0.4 is 11.1 Å². The van der Waals surface area contributed by atoms with Crippen LogP contribution in [-0.4, -0.2) is 182 Å². The minimum absolute atomic E-state index is 0.0375. The summed E-state index contributed by atoms with van der Waals surface area (Å²) >= 11 is 0. The fourth-order valence-electron chi connectivity index (χ4n) is 15.7. The van der Waals surface area contributed by atoms with Crippen LogP contribution in [0.25, 0.3) is 0 Å². The van der Waals surface area contributed by atoms with Crippen molar-refractivity contribution in [3.63, 3.8) is 0 Å². The molecule has 12 N–H and O–H groups in total. The number of fused-ring (bicyclic) bond motifs is 7. The van der Waals surface area contributed by atoms with Crippen molar-refractivity contribution in [1.82, 2.24) is 5.32 Å². The molecule has 20 nitrogen and oxygen atoms in total. The molecule has 8 aliphatic rings. The second-order valence-electron chi connectivity index (χ2n) is 25.0. The lowest BCUT2D eigenvalue weighted by Gasteiger charge is -2.71. The van der Waals surface area contributed by atoms with Crippen LogP contribution >= 0.6 is 0 Å². The number of rotatable bonds is 14. The summed E-state index contributed by atoms with van der Waals surface area (Å²) in [6.45, 7) is 13.8. The van der Waals surface area contributed by atoms with E-state index in [1.807, 2.05) is 6.92 Å². The molecule has 0 spiro atoms. The Morgan fingerprint density at radius 3 is 2.16 bits per heavy atom. The highest BCUT2D eigenvalue weighted by atomic mass is 16.8. The van der Waals surface area contributed by atoms with Gasteiger partial charge in [0.15, 0.2) is 18.7 Å². The van der Waals surface area contributed by atoms with Gasteiger partial charge in [-0.05, 0) is 124 Å². The third kappa shape index (κ3) is 9.59. The first-order valence-electron chi connectivity index (χ1n) is 26.9. The van der Waals surface area contributed by atoms with Crippen molar-refractivity contribution < 1.29 is 88.8 Å². The van der Waals surface area contributed by atoms with Gasteiger partial charge in [-0.1, -0.05) is 59.6 Å². The molecule has 5 aliphatic carbocycles. The quantitative estimate of drug-likeness (QED) is 0.0491. The van der Waals surface area contributed by atoms with Gasteiger partial charge in [-0.25, -0.2) is 0 Å². The van der Waals surface area contributed by atoms with Gasteiger partial charge in [-0.2, -0.15) is 0 Å². The van der Waals surface area contributed by atoms with Crippen LogP contribution in [0.2, 0.25) is 0 Å². The predicted molar refractivity (Wildman–Crippen MR) is 258 cm³/mol. The maximum absolute atomic E-state index is 15.6. The summed E-state index contributed by atoms with van der Waals surface area (Å²) in [7, 11) is 0. The van der Waals surface area contributed by atoms with Crippen LogP contribution in [-0.2, 0) is 42.8 Å². The van der Waals surface area contributed by atoms with Crippen LogP contribution in [0.3, 0.4) is 0 Å². The van der Waals surface area contributed by atoms with Gasteiger partial charge < -0.3 is 90.2 Å². The third-order valence-electron chi connectivity index (χ3n) is 20.3. The summed E-state index contributed by atoms with van der Waals surface area (Å²) < 4.78 is 36.2. The van der Waals surface area contributed by atoms with E-state index in [2.05, 4.69) is 46.0 Å². The molecule has 0 aromatic rings. The van der Waals surface area contributed by atoms with Gasteiger partial charge in [-0.15, -0.1) is 0 Å². The molecule has 3 heterocycles. The molecule has 416 valence electrons. The molecule has 4 saturated carbocycles. The highest BCUT2D eigenvalue weighted by molar-refractivity contribution is 5.80. The van der Waals surface area contributed by atoms with Crippen LogP contribution in [0.5, 0.6) is 0 Å². The first-order valence-corrected chi connectivity index (χ1v) is 26.9. The number of allylic oxidation sites excluding steroid dienone is 2. The standard InChI is InChI=1S/C53H86N2O18/c1-26-42(71-44-40(65)37(62)29(58)24-68-44)39(64)41(66)45(69-26)72-43-38(63)36(55-35(61)11-9-8-10-20-54)30(23-56)70-46(43)73-47(67)53-19-18-48(2,3)21-28(53)27-12-13-32-49(4)16-15-33(59)50(5,25-57)31(49)14-17-51(32,6)52(27,7)22-34(53)60/h12,25-26,28-34,36-46,56,58-60,62-66H,8-11,13-24,54H2,1-7H3,(H,55,61)/t26?,28?,29-,30?,31-,32?,33+,34-,36+,37?,38?,39?,40?,41?,42+,43?,44+,45+,46+,49?,50?,51?,52?,53-/m1/s1. The number of amides is 1. The average Bonchev–Trinajstić information content (AvgIpc) is 3.33. The van der Waals surface area contributed by atoms with Crippen molar-refractivity contribution in [3.05, 3.63) is 11.6 Å². The van der Waals surface area contributed by atoms with Gasteiger partial charge in [0.25, 0.3) is 0 Å². The predicted octanol–water partition coefficient (Wildman–Crippen LogP) is 0.600. The number of aldehydes is 1. The van der Waals surface area contributed by atoms with Gasteiger partial charge in [0.05, 0.1) is 43.0 Å². The number of carbonyl (C=O) groups excluding carboxylic acids is 3. The molecule has 20 heteroatoms. The summed E-state index contributed by atoms with van der Waals surface area (Å²) in [5.41, 5.74) is 2.84. The van der Waals surface area contributed by atoms with E-state index in [4.69, 9.17) is 34.2 Å². The molecule has 0 aromatic carbocycles. The van der Waals surface area contributed by atoms with Gasteiger partial charge in [0.2, 0.25) is 12.2 Å². The Morgan fingerprint density at radius 2 is 1.48 bits per heavy atom. The number of nitrogens with two attached hydrogens (primary N) is 1. The summed E-state index contributed by atoms with van der Waals surface area (Å²) in [4.78, 5) is 41.7. The molecular weight excluding hydrogens is 953 g/mol. The van der Waals surface area contributed by atoms with Gasteiger partial charge in [-0.3, -0.25) is 9.59 Å². The molecule has 24 atom stereocenters. The lowest BCUT2D eigenvalue weighted by Crippen LogP contribution is -2.69. The van der Waals surface area contributed by atoms with Crippen molar-refractivity contribution >= 4 is 18.2 Å². The third-order valence-corrected chi connectivity index (χ3v) is 20.3. The summed E-state index contributed by atoms with van der Waals surface area (Å²) in [5, 5.41) is 104. The first-order chi connectivity index (χ1) is 34.3. The second-order valence-corrected chi connectivity index (χ2v) is 25.0. The zero-order valence-electron chi connectivity index (χ0n) is 43.7. The highest BCUT2D eigenvalue weighted by Crippen LogP contribution is 2.76. The smallest absolute Gasteiger partial charge is 0.317 e. The van der Waals surface area contributed by atoms with Crippen LogP contribution in [0.4, 0.5) is 0 Å². The van der Waals surface area contributed by atoms with E-state index >= 15 is 4.79 Å². The van der Waals surface area contributed by atoms with Crippen molar-refractivity contribution in [2.24, 2.45) is 56.0 Å². The topological polar surface area (TPSA) is 327 Å². The normalized spacial score (nSPS) is 50.5. The Labute approximate surface area is 428 Å². The Kier molecular flexibility index (Phi) is 16.5. The maximum atomic E-state index is 15.6. The molecule has 1 amide bonds. The average molecular weight is 1040 g/mol. The Balaban J connectivity index is 1.10. The van der Waals surface area contributed by atoms with E-state index in [1.54, 1.807) is 0 Å². The minimum Gasteiger partial charge on any atom is -0.432 e. The Morgan fingerprint density at radius 1 is 0.781 bits per heavy atom. The number of hydrogen-bond acceptors (Lipinski definition) is 19. The number of nitrogens with one attached hydrogen (secondary N) is 1. The molecule has 7 fully saturated rings. The monoisotopic (exact) mass is 1040 g/mol. The highest BCUT2D eigenvalue weighted by Gasteiger charge is 2.72. The minimum atomic E-state index is -1.93. The lowest BCUT2D eigenvalue weighted by atomic mass is 9.33. The molecule has 73 heavy (non-hydrogen) atoms. The Hall–Kier alpha value is -2.25. The number of ether oxygens (including phenoxy) is 6. The van der Waals surface area contributed by atoms with Crippen molar-refractivity contribution in [3.8, 4) is 0 Å². The fraction of sp³-hybridized carbons (Fsp3) is 0.906. The van der Waals surface area contributed by atoms with E-state index in [-0.39, 0.29) is 47.3 Å². The van der Waals surface area contributed by atoms with Crippen molar-refractivity contribution in [2.75, 3.05) is 19.8 Å². The molecule has 8 rings (SSSR count). The molecule has 14 unspecified atom stereocenters. The number of unbranched alkanes of at least 4 members (excludes halogenated alkanes) is 2. The van der Waals surface area contributed by atoms with Crippen LogP contribution in [0.1, 0.15) is 132 Å². The van der Waals surface area contributed by atoms with Gasteiger partial charge >= 0.3 is 5.97 Å². The number of aliphatic hydroxyl groups is 9. The molecule has 3 saturated heterocycles. The largest absolute Gasteiger partial charge is 0.432 e. The summed E-state index contributed by atoms with van der Waals surface area (Å²) in [5.74, 6) is -1.72. The molecule has 0 bridgehead atoms. The maximum Gasteiger partial charge on any atom is 0.317 e. The van der Waals surface area contributed by atoms with E-state index in [0.717, 1.165) is 31.1 Å². The zero-order chi connectivity index (χ0) is 53.4. The van der Waals surface area contributed by atoms with E-state index in [0.29, 0.717) is 51.5 Å². The first kappa shape index (κ1) is 56.9. The molecule has 0 aromatic heterocycles. The number of carbonyl (C=O) groups is 3. The summed E-state index contributed by atoms with van der Waals surface area (Å²) in [6.07, 6.45) is -12.8. The van der Waals surface area contributed by atoms with Crippen molar-refractivity contribution in [2.45, 2.75) is 230 Å². The SMILES string of the molecule is CC1O[C@@H](OC2C(O)[C@@H](NC(=O)CCCCCN)C(CO)O[C@H]2OC(=O)[C@]23CCC(C)(C)CC2C2=CCC4C5(C)CC[C@H](O)C(C)(C=O)[C@@H]5CCC4(C)C2(C)C[C@H]3O)C(O)C(O)[C@H]1O[C@@H]1OC[C@@H](O)C(O)C1O. The van der Waals surface area contributed by atoms with Crippen LogP contribution in [0.15, 0.2) is 11.6 Å². The number of esters is 1. The zero-order valence-corrected chi connectivity index (χ0v) is 43.7. The molecular formula is C53H86N2O18. The molecule has 3 aliphatic heterocycles.